The van der Waals surface area contributed by atoms with Crippen LogP contribution in [0.2, 0.25) is 0 Å². The highest BCUT2D eigenvalue weighted by molar-refractivity contribution is 5.37. The van der Waals surface area contributed by atoms with Crippen LogP contribution in [0, 0.1) is 0 Å². The molecular formula is C15H20F3NO. The molecular weight excluding hydrogens is 267 g/mol. The lowest BCUT2D eigenvalue weighted by Crippen LogP contribution is -2.35. The third kappa shape index (κ3) is 4.13. The first-order valence-corrected chi connectivity index (χ1v) is 7.01. The van der Waals surface area contributed by atoms with Gasteiger partial charge in [-0.1, -0.05) is 25.1 Å². The molecule has 0 spiro atoms. The molecule has 0 saturated heterocycles. The van der Waals surface area contributed by atoms with E-state index in [0.717, 1.165) is 17.7 Å². The van der Waals surface area contributed by atoms with Crippen molar-refractivity contribution in [2.24, 2.45) is 0 Å². The van der Waals surface area contributed by atoms with Gasteiger partial charge in [-0.15, -0.1) is 0 Å². The van der Waals surface area contributed by atoms with Crippen LogP contribution < -0.4 is 10.1 Å². The normalized spacial score (nSPS) is 20.1. The molecule has 2 unspecified atom stereocenters. The van der Waals surface area contributed by atoms with Gasteiger partial charge >= 0.3 is 6.18 Å². The van der Waals surface area contributed by atoms with Gasteiger partial charge in [0.25, 0.3) is 0 Å². The minimum absolute atomic E-state index is 0.131. The number of para-hydroxylation sites is 1. The Kier molecular flexibility index (Phi) is 4.91. The second-order valence-corrected chi connectivity index (χ2v) is 5.18. The number of fused-ring (bicyclic) bond motifs is 1. The summed E-state index contributed by atoms with van der Waals surface area (Å²) >= 11 is 0. The third-order valence-electron chi connectivity index (χ3n) is 3.62. The van der Waals surface area contributed by atoms with Gasteiger partial charge in [0.2, 0.25) is 0 Å². The Balaban J connectivity index is 2.07. The zero-order chi connectivity index (χ0) is 14.6. The number of hydrogen-bond donors (Lipinski definition) is 1. The van der Waals surface area contributed by atoms with E-state index >= 15 is 0 Å². The van der Waals surface area contributed by atoms with Gasteiger partial charge in [-0.05, 0) is 36.9 Å². The summed E-state index contributed by atoms with van der Waals surface area (Å²) in [5.41, 5.74) is 1.03. The maximum Gasteiger partial charge on any atom is 0.390 e. The van der Waals surface area contributed by atoms with Crippen molar-refractivity contribution < 1.29 is 17.9 Å². The van der Waals surface area contributed by atoms with Crippen molar-refractivity contribution >= 4 is 0 Å². The van der Waals surface area contributed by atoms with E-state index in [1.54, 1.807) is 0 Å². The van der Waals surface area contributed by atoms with Gasteiger partial charge in [-0.2, -0.15) is 13.2 Å². The third-order valence-corrected chi connectivity index (χ3v) is 3.62. The molecule has 1 heterocycles. The lowest BCUT2D eigenvalue weighted by Gasteiger charge is -2.29. The van der Waals surface area contributed by atoms with Gasteiger partial charge < -0.3 is 10.1 Å². The van der Waals surface area contributed by atoms with E-state index in [9.17, 15) is 13.2 Å². The largest absolute Gasteiger partial charge is 0.493 e. The average Bonchev–Trinajstić information content (AvgIpc) is 2.37. The van der Waals surface area contributed by atoms with E-state index in [1.165, 1.54) is 0 Å². The van der Waals surface area contributed by atoms with Crippen LogP contribution in [0.4, 0.5) is 13.2 Å². The second kappa shape index (κ2) is 6.48. The predicted molar refractivity (Wildman–Crippen MR) is 72.0 cm³/mol. The summed E-state index contributed by atoms with van der Waals surface area (Å²) < 4.78 is 43.4. The molecule has 0 bridgehead atoms. The molecule has 1 aliphatic heterocycles. The maximum absolute atomic E-state index is 12.6. The Bertz CT molecular complexity index is 433. The molecule has 5 heteroatoms. The lowest BCUT2D eigenvalue weighted by atomic mass is 9.86. The first kappa shape index (κ1) is 15.2. The van der Waals surface area contributed by atoms with E-state index in [2.05, 4.69) is 5.32 Å². The van der Waals surface area contributed by atoms with Crippen LogP contribution in [-0.2, 0) is 0 Å². The van der Waals surface area contributed by atoms with Gasteiger partial charge in [0.05, 0.1) is 13.0 Å². The van der Waals surface area contributed by atoms with E-state index in [-0.39, 0.29) is 5.92 Å². The highest BCUT2D eigenvalue weighted by Crippen LogP contribution is 2.37. The van der Waals surface area contributed by atoms with E-state index < -0.39 is 18.6 Å². The molecule has 20 heavy (non-hydrogen) atoms. The van der Waals surface area contributed by atoms with Crippen LogP contribution in [-0.4, -0.2) is 25.4 Å². The number of halogens is 3. The summed E-state index contributed by atoms with van der Waals surface area (Å²) in [4.78, 5) is 0. The topological polar surface area (TPSA) is 21.3 Å². The zero-order valence-corrected chi connectivity index (χ0v) is 11.5. The quantitative estimate of drug-likeness (QED) is 0.887. The van der Waals surface area contributed by atoms with Crippen LogP contribution in [0.25, 0.3) is 0 Å². The minimum Gasteiger partial charge on any atom is -0.493 e. The molecule has 2 atom stereocenters. The van der Waals surface area contributed by atoms with E-state index in [0.29, 0.717) is 19.6 Å². The smallest absolute Gasteiger partial charge is 0.390 e. The van der Waals surface area contributed by atoms with Crippen LogP contribution in [0.3, 0.4) is 0 Å². The van der Waals surface area contributed by atoms with Crippen molar-refractivity contribution in [2.75, 3.05) is 13.2 Å². The summed E-state index contributed by atoms with van der Waals surface area (Å²) in [7, 11) is 0. The molecule has 0 fully saturated rings. The fourth-order valence-electron chi connectivity index (χ4n) is 2.81. The molecule has 2 rings (SSSR count). The van der Waals surface area contributed by atoms with Crippen LogP contribution in [0.15, 0.2) is 24.3 Å². The SMILES string of the molecule is CCNC(CC1CCOc2ccccc21)CC(F)(F)F. The molecule has 112 valence electrons. The summed E-state index contributed by atoms with van der Waals surface area (Å²) in [6, 6.07) is 7.10. The molecule has 0 aliphatic carbocycles. The first-order valence-electron chi connectivity index (χ1n) is 7.01. The van der Waals surface area contributed by atoms with Gasteiger partial charge in [-0.25, -0.2) is 0 Å². The number of hydrogen-bond acceptors (Lipinski definition) is 2. The lowest BCUT2D eigenvalue weighted by molar-refractivity contribution is -0.140. The van der Waals surface area contributed by atoms with Crippen molar-refractivity contribution in [2.45, 2.75) is 44.3 Å². The van der Waals surface area contributed by atoms with Crippen molar-refractivity contribution in [1.82, 2.24) is 5.32 Å². The number of alkyl halides is 3. The van der Waals surface area contributed by atoms with Gasteiger partial charge in [0, 0.05) is 6.04 Å². The van der Waals surface area contributed by atoms with E-state index in [4.69, 9.17) is 4.74 Å². The summed E-state index contributed by atoms with van der Waals surface area (Å²) in [6.45, 7) is 2.96. The zero-order valence-electron chi connectivity index (χ0n) is 11.5. The minimum atomic E-state index is -4.13. The Morgan fingerprint density at radius 2 is 2.10 bits per heavy atom. The summed E-state index contributed by atoms with van der Waals surface area (Å²) in [6.07, 6.45) is -3.64. The summed E-state index contributed by atoms with van der Waals surface area (Å²) in [5, 5.41) is 2.96. The monoisotopic (exact) mass is 287 g/mol. The van der Waals surface area contributed by atoms with Crippen molar-refractivity contribution in [1.29, 1.82) is 0 Å². The Labute approximate surface area is 117 Å². The number of nitrogens with one attached hydrogen (secondary N) is 1. The van der Waals surface area contributed by atoms with Crippen LogP contribution in [0.1, 0.15) is 37.7 Å². The Morgan fingerprint density at radius 1 is 1.35 bits per heavy atom. The molecule has 0 radical (unpaired) electrons. The first-order chi connectivity index (χ1) is 9.49. The van der Waals surface area contributed by atoms with Crippen molar-refractivity contribution in [3.05, 3.63) is 29.8 Å². The molecule has 1 aliphatic rings. The number of ether oxygens (including phenoxy) is 1. The molecule has 1 aromatic rings. The Morgan fingerprint density at radius 3 is 2.80 bits per heavy atom. The number of benzene rings is 1. The molecule has 0 aromatic heterocycles. The van der Waals surface area contributed by atoms with Gasteiger partial charge in [0.15, 0.2) is 0 Å². The fraction of sp³-hybridized carbons (Fsp3) is 0.600. The van der Waals surface area contributed by atoms with Crippen molar-refractivity contribution in [3.8, 4) is 5.75 Å². The van der Waals surface area contributed by atoms with Crippen molar-refractivity contribution in [3.63, 3.8) is 0 Å². The molecule has 2 nitrogen and oxygen atoms in total. The van der Waals surface area contributed by atoms with Gasteiger partial charge in [0.1, 0.15) is 5.75 Å². The highest BCUT2D eigenvalue weighted by atomic mass is 19.4. The predicted octanol–water partition coefficient (Wildman–Crippen LogP) is 3.87. The molecule has 0 amide bonds. The fourth-order valence-corrected chi connectivity index (χ4v) is 2.81. The average molecular weight is 287 g/mol. The second-order valence-electron chi connectivity index (χ2n) is 5.18. The van der Waals surface area contributed by atoms with Crippen LogP contribution >= 0.6 is 0 Å². The van der Waals surface area contributed by atoms with E-state index in [1.807, 2.05) is 31.2 Å². The highest BCUT2D eigenvalue weighted by Gasteiger charge is 2.33. The molecule has 1 aromatic carbocycles. The molecule has 0 saturated carbocycles. The molecule has 1 N–H and O–H groups in total. The van der Waals surface area contributed by atoms with Gasteiger partial charge in [-0.3, -0.25) is 0 Å². The maximum atomic E-state index is 12.6. The standard InChI is InChI=1S/C15H20F3NO/c1-2-19-12(10-15(16,17)18)9-11-7-8-20-14-6-4-3-5-13(11)14/h3-6,11-12,19H,2,7-10H2,1H3. The summed E-state index contributed by atoms with van der Waals surface area (Å²) in [5.74, 6) is 0.942. The Hall–Kier alpha value is -1.23. The van der Waals surface area contributed by atoms with Crippen LogP contribution in [0.5, 0.6) is 5.75 Å². The number of rotatable bonds is 5.